The number of likely N-dealkylation sites (tertiary alicyclic amines) is 1. The predicted octanol–water partition coefficient (Wildman–Crippen LogP) is 4.09. The monoisotopic (exact) mass is 435 g/mol. The first-order valence-electron chi connectivity index (χ1n) is 10.0. The van der Waals surface area contributed by atoms with Gasteiger partial charge in [0.15, 0.2) is 0 Å². The fourth-order valence-corrected chi connectivity index (χ4v) is 3.62. The minimum absolute atomic E-state index is 0.178. The van der Waals surface area contributed by atoms with E-state index in [1.54, 1.807) is 31.2 Å². The molecule has 2 aromatic rings. The standard InChI is InChI=1S/C22H26F3N3O.CH2O/c1-15(17-5-9-19(24)10-6-17)26-22(29)28(13-16-3-7-18(23)8-4-16)21-11-12-27(2)14-20(21)25;1-2/h3-10,15,20-21H,11-14H2,1-2H3,(H,26,29);1H2/t15?,20-,21+;/m1./s1. The summed E-state index contributed by atoms with van der Waals surface area (Å²) in [5.74, 6) is -0.714. The van der Waals surface area contributed by atoms with E-state index in [9.17, 15) is 18.0 Å². The highest BCUT2D eigenvalue weighted by Crippen LogP contribution is 2.23. The summed E-state index contributed by atoms with van der Waals surface area (Å²) in [6, 6.07) is 10.4. The minimum Gasteiger partial charge on any atom is -0.331 e. The lowest BCUT2D eigenvalue weighted by atomic mass is 10.0. The van der Waals surface area contributed by atoms with Crippen molar-refractivity contribution in [2.45, 2.75) is 38.1 Å². The van der Waals surface area contributed by atoms with Crippen LogP contribution in [0.1, 0.15) is 30.5 Å². The average molecular weight is 435 g/mol. The van der Waals surface area contributed by atoms with Crippen molar-refractivity contribution in [1.82, 2.24) is 15.1 Å². The van der Waals surface area contributed by atoms with E-state index >= 15 is 0 Å². The first kappa shape index (κ1) is 24.4. The highest BCUT2D eigenvalue weighted by Gasteiger charge is 2.35. The Morgan fingerprint density at radius 3 is 2.23 bits per heavy atom. The molecule has 168 valence electrons. The fourth-order valence-electron chi connectivity index (χ4n) is 3.62. The molecule has 0 bridgehead atoms. The van der Waals surface area contributed by atoms with Crippen LogP contribution in [0.3, 0.4) is 0 Å². The molecule has 1 unspecified atom stereocenters. The van der Waals surface area contributed by atoms with Crippen molar-refractivity contribution in [2.24, 2.45) is 0 Å². The third kappa shape index (κ3) is 6.82. The maximum Gasteiger partial charge on any atom is 0.318 e. The number of halogens is 3. The number of urea groups is 1. The second-order valence-electron chi connectivity index (χ2n) is 7.61. The lowest BCUT2D eigenvalue weighted by Gasteiger charge is -2.40. The number of alkyl halides is 1. The molecule has 31 heavy (non-hydrogen) atoms. The van der Waals surface area contributed by atoms with E-state index in [0.717, 1.165) is 11.1 Å². The number of rotatable bonds is 5. The van der Waals surface area contributed by atoms with E-state index in [-0.39, 0.29) is 30.8 Å². The smallest absolute Gasteiger partial charge is 0.318 e. The van der Waals surface area contributed by atoms with Crippen LogP contribution in [0.25, 0.3) is 0 Å². The number of hydrogen-bond donors (Lipinski definition) is 1. The van der Waals surface area contributed by atoms with Gasteiger partial charge in [0.1, 0.15) is 24.6 Å². The van der Waals surface area contributed by atoms with Gasteiger partial charge in [-0.1, -0.05) is 24.3 Å². The Labute approximate surface area is 180 Å². The van der Waals surface area contributed by atoms with E-state index in [0.29, 0.717) is 13.0 Å². The molecule has 3 rings (SSSR count). The number of nitrogens with one attached hydrogen (secondary N) is 1. The second kappa shape index (κ2) is 11.5. The van der Waals surface area contributed by atoms with Crippen molar-refractivity contribution in [3.05, 3.63) is 71.3 Å². The number of piperidine rings is 1. The van der Waals surface area contributed by atoms with Gasteiger partial charge in [0.05, 0.1) is 12.1 Å². The summed E-state index contributed by atoms with van der Waals surface area (Å²) in [5, 5.41) is 2.89. The Balaban J connectivity index is 0.00000166. The topological polar surface area (TPSA) is 52.7 Å². The summed E-state index contributed by atoms with van der Waals surface area (Å²) in [5.41, 5.74) is 1.48. The van der Waals surface area contributed by atoms with Crippen molar-refractivity contribution in [3.8, 4) is 0 Å². The molecule has 3 atom stereocenters. The van der Waals surface area contributed by atoms with Crippen LogP contribution in [0.5, 0.6) is 0 Å². The molecular weight excluding hydrogens is 407 g/mol. The largest absolute Gasteiger partial charge is 0.331 e. The van der Waals surface area contributed by atoms with Crippen LogP contribution >= 0.6 is 0 Å². The molecule has 1 N–H and O–H groups in total. The van der Waals surface area contributed by atoms with E-state index in [1.807, 2.05) is 18.7 Å². The Bertz CT molecular complexity index is 833. The summed E-state index contributed by atoms with van der Waals surface area (Å²) in [4.78, 5) is 24.5. The predicted molar refractivity (Wildman–Crippen MR) is 113 cm³/mol. The Morgan fingerprint density at radius 1 is 1.13 bits per heavy atom. The molecule has 0 aliphatic carbocycles. The van der Waals surface area contributed by atoms with Crippen molar-refractivity contribution in [3.63, 3.8) is 0 Å². The number of amides is 2. The van der Waals surface area contributed by atoms with Crippen molar-refractivity contribution in [2.75, 3.05) is 20.1 Å². The lowest BCUT2D eigenvalue weighted by molar-refractivity contribution is -0.0980. The zero-order valence-electron chi connectivity index (χ0n) is 17.7. The summed E-state index contributed by atoms with van der Waals surface area (Å²) >= 11 is 0. The molecular formula is C23H28F3N3O2. The number of nitrogens with zero attached hydrogens (tertiary/aromatic N) is 2. The van der Waals surface area contributed by atoms with E-state index < -0.39 is 18.2 Å². The van der Waals surface area contributed by atoms with Crippen LogP contribution in [0.2, 0.25) is 0 Å². The third-order valence-electron chi connectivity index (χ3n) is 5.35. The van der Waals surface area contributed by atoms with Gasteiger partial charge in [0.2, 0.25) is 0 Å². The molecule has 8 heteroatoms. The second-order valence-corrected chi connectivity index (χ2v) is 7.61. The van der Waals surface area contributed by atoms with Gasteiger partial charge in [-0.25, -0.2) is 18.0 Å². The maximum atomic E-state index is 14.8. The van der Waals surface area contributed by atoms with Crippen LogP contribution in [0, 0.1) is 11.6 Å². The Hall–Kier alpha value is -2.87. The zero-order valence-corrected chi connectivity index (χ0v) is 17.7. The molecule has 0 aromatic heterocycles. The van der Waals surface area contributed by atoms with Gasteiger partial charge in [-0.2, -0.15) is 0 Å². The normalized spacial score (nSPS) is 19.6. The first-order chi connectivity index (χ1) is 14.8. The molecule has 0 spiro atoms. The molecule has 1 saturated heterocycles. The van der Waals surface area contributed by atoms with Crippen LogP contribution < -0.4 is 5.32 Å². The summed E-state index contributed by atoms with van der Waals surface area (Å²) < 4.78 is 41.2. The summed E-state index contributed by atoms with van der Waals surface area (Å²) in [7, 11) is 1.85. The molecule has 5 nitrogen and oxygen atoms in total. The molecule has 1 aliphatic rings. The van der Waals surface area contributed by atoms with Crippen LogP contribution in [0.4, 0.5) is 18.0 Å². The highest BCUT2D eigenvalue weighted by molar-refractivity contribution is 5.75. The highest BCUT2D eigenvalue weighted by atomic mass is 19.1. The summed E-state index contributed by atoms with van der Waals surface area (Å²) in [6.45, 7) is 4.91. The van der Waals surface area contributed by atoms with Gasteiger partial charge in [0, 0.05) is 19.6 Å². The molecule has 0 radical (unpaired) electrons. The van der Waals surface area contributed by atoms with Gasteiger partial charge in [-0.3, -0.25) is 0 Å². The van der Waals surface area contributed by atoms with Crippen LogP contribution in [0.15, 0.2) is 48.5 Å². The van der Waals surface area contributed by atoms with Crippen molar-refractivity contribution < 1.29 is 22.8 Å². The molecule has 1 heterocycles. The van der Waals surface area contributed by atoms with E-state index in [1.165, 1.54) is 29.2 Å². The minimum atomic E-state index is -1.18. The maximum absolute atomic E-state index is 14.8. The van der Waals surface area contributed by atoms with E-state index in [4.69, 9.17) is 4.79 Å². The van der Waals surface area contributed by atoms with Gasteiger partial charge in [-0.05, 0) is 55.8 Å². The molecule has 2 amide bonds. The number of hydrogen-bond acceptors (Lipinski definition) is 3. The van der Waals surface area contributed by atoms with E-state index in [2.05, 4.69) is 5.32 Å². The third-order valence-corrected chi connectivity index (χ3v) is 5.35. The fraction of sp³-hybridized carbons (Fsp3) is 0.391. The van der Waals surface area contributed by atoms with Crippen LogP contribution in [-0.4, -0.2) is 55.0 Å². The average Bonchev–Trinajstić information content (AvgIpc) is 2.75. The van der Waals surface area contributed by atoms with Gasteiger partial charge < -0.3 is 19.9 Å². The quantitative estimate of drug-likeness (QED) is 0.770. The van der Waals surface area contributed by atoms with Crippen molar-refractivity contribution >= 4 is 12.8 Å². The van der Waals surface area contributed by atoms with Gasteiger partial charge >= 0.3 is 6.03 Å². The Kier molecular flexibility index (Phi) is 9.05. The molecule has 2 aromatic carbocycles. The van der Waals surface area contributed by atoms with Crippen LogP contribution in [-0.2, 0) is 11.3 Å². The number of carbonyl (C=O) groups excluding carboxylic acids is 2. The van der Waals surface area contributed by atoms with Gasteiger partial charge in [0.25, 0.3) is 0 Å². The molecule has 1 fully saturated rings. The number of carbonyl (C=O) groups is 2. The molecule has 1 aliphatic heterocycles. The van der Waals surface area contributed by atoms with Gasteiger partial charge in [-0.15, -0.1) is 0 Å². The lowest BCUT2D eigenvalue weighted by Crippen LogP contribution is -2.55. The Morgan fingerprint density at radius 2 is 1.68 bits per heavy atom. The summed E-state index contributed by atoms with van der Waals surface area (Å²) in [6.07, 6.45) is -0.668. The SMILES string of the molecule is C=O.CC(NC(=O)N(Cc1ccc(F)cc1)[C@H]1CCN(C)C[C@H]1F)c1ccc(F)cc1. The molecule has 0 saturated carbocycles. The zero-order chi connectivity index (χ0) is 23.0. The van der Waals surface area contributed by atoms with Crippen molar-refractivity contribution in [1.29, 1.82) is 0 Å². The first-order valence-corrected chi connectivity index (χ1v) is 10.0. The number of benzene rings is 2.